The molecule has 0 fully saturated rings. The number of hydrogen-bond acceptors (Lipinski definition) is 6. The van der Waals surface area contributed by atoms with Crippen molar-refractivity contribution in [2.45, 2.75) is 19.9 Å². The van der Waals surface area contributed by atoms with Crippen molar-refractivity contribution in [3.63, 3.8) is 0 Å². The molecule has 1 aliphatic heterocycles. The third-order valence-corrected chi connectivity index (χ3v) is 4.60. The van der Waals surface area contributed by atoms with Crippen molar-refractivity contribution < 1.29 is 14.3 Å². The molecule has 0 radical (unpaired) electrons. The van der Waals surface area contributed by atoms with E-state index >= 15 is 0 Å². The number of hydrogen-bond donors (Lipinski definition) is 2. The minimum absolute atomic E-state index is 0.0798. The Morgan fingerprint density at radius 2 is 2.00 bits per heavy atom. The predicted octanol–water partition coefficient (Wildman–Crippen LogP) is 1.70. The number of carbonyl (C=O) groups is 2. The summed E-state index contributed by atoms with van der Waals surface area (Å²) in [6.45, 7) is 3.34. The topological polar surface area (TPSA) is 118 Å². The van der Waals surface area contributed by atoms with E-state index in [1.165, 1.54) is 4.90 Å². The van der Waals surface area contributed by atoms with E-state index in [-0.39, 0.29) is 18.0 Å². The number of halogens is 1. The number of H-pyrrole nitrogens is 1. The fourth-order valence-corrected chi connectivity index (χ4v) is 3.20. The molecule has 0 saturated carbocycles. The number of aryl methyl sites for hydroxylation is 1. The standard InChI is InChI=1S/C17H17BrN4O4/c1-3-26-17(25)12-13(19)11-14(20-8(2)21-15(11)23)22(16(12)24)10-6-4-9(18)5-7-10/h4-7,12-13H,3,19H2,1-2H3,(H,20,21,23). The lowest BCUT2D eigenvalue weighted by atomic mass is 9.89. The molecule has 0 bridgehead atoms. The number of carbonyl (C=O) groups excluding carboxylic acids is 2. The molecule has 1 amide bonds. The van der Waals surface area contributed by atoms with E-state index < -0.39 is 29.4 Å². The number of rotatable bonds is 3. The van der Waals surface area contributed by atoms with E-state index in [1.807, 2.05) is 0 Å². The maximum Gasteiger partial charge on any atom is 0.320 e. The van der Waals surface area contributed by atoms with E-state index in [0.717, 1.165) is 4.47 Å². The number of ether oxygens (including phenoxy) is 1. The van der Waals surface area contributed by atoms with Crippen molar-refractivity contribution in [2.24, 2.45) is 11.7 Å². The molecule has 2 unspecified atom stereocenters. The summed E-state index contributed by atoms with van der Waals surface area (Å²) < 4.78 is 5.82. The van der Waals surface area contributed by atoms with Gasteiger partial charge in [-0.1, -0.05) is 15.9 Å². The zero-order valence-corrected chi connectivity index (χ0v) is 15.7. The Hall–Kier alpha value is -2.52. The van der Waals surface area contributed by atoms with Crippen LogP contribution in [0.4, 0.5) is 11.5 Å². The smallest absolute Gasteiger partial charge is 0.320 e. The number of amides is 1. The minimum Gasteiger partial charge on any atom is -0.465 e. The molecule has 1 aliphatic rings. The summed E-state index contributed by atoms with van der Waals surface area (Å²) in [6.07, 6.45) is 0. The number of aromatic nitrogens is 2. The van der Waals surface area contributed by atoms with Crippen molar-refractivity contribution in [1.29, 1.82) is 0 Å². The van der Waals surface area contributed by atoms with Gasteiger partial charge in [0.1, 0.15) is 5.82 Å². The third-order valence-electron chi connectivity index (χ3n) is 4.07. The van der Waals surface area contributed by atoms with E-state index in [4.69, 9.17) is 10.5 Å². The highest BCUT2D eigenvalue weighted by atomic mass is 79.9. The molecular weight excluding hydrogens is 404 g/mol. The van der Waals surface area contributed by atoms with Gasteiger partial charge in [0.15, 0.2) is 11.7 Å². The van der Waals surface area contributed by atoms with Crippen molar-refractivity contribution >= 4 is 39.3 Å². The molecular formula is C17H17BrN4O4. The van der Waals surface area contributed by atoms with Gasteiger partial charge in [-0.25, -0.2) is 4.98 Å². The lowest BCUT2D eigenvalue weighted by Gasteiger charge is -2.35. The highest BCUT2D eigenvalue weighted by molar-refractivity contribution is 9.10. The van der Waals surface area contributed by atoms with Gasteiger partial charge in [0.2, 0.25) is 5.91 Å². The fraction of sp³-hybridized carbons (Fsp3) is 0.294. The second kappa shape index (κ2) is 7.00. The van der Waals surface area contributed by atoms with Crippen molar-refractivity contribution in [1.82, 2.24) is 9.97 Å². The van der Waals surface area contributed by atoms with Gasteiger partial charge in [0, 0.05) is 4.47 Å². The maximum atomic E-state index is 13.1. The van der Waals surface area contributed by atoms with Crippen LogP contribution in [-0.2, 0) is 14.3 Å². The Bertz CT molecular complexity index is 925. The van der Waals surface area contributed by atoms with Crippen LogP contribution >= 0.6 is 15.9 Å². The molecule has 2 atom stereocenters. The molecule has 8 nitrogen and oxygen atoms in total. The van der Waals surface area contributed by atoms with Crippen LogP contribution in [0.25, 0.3) is 0 Å². The van der Waals surface area contributed by atoms with E-state index in [2.05, 4.69) is 25.9 Å². The molecule has 26 heavy (non-hydrogen) atoms. The van der Waals surface area contributed by atoms with Crippen LogP contribution in [0.3, 0.4) is 0 Å². The molecule has 2 aromatic rings. The quantitative estimate of drug-likeness (QED) is 0.575. The summed E-state index contributed by atoms with van der Waals surface area (Å²) in [5.41, 5.74) is 6.18. The molecule has 1 aromatic carbocycles. The number of nitrogens with two attached hydrogens (primary N) is 1. The summed E-state index contributed by atoms with van der Waals surface area (Å²) in [4.78, 5) is 46.1. The number of nitrogens with one attached hydrogen (secondary N) is 1. The van der Waals surface area contributed by atoms with E-state index in [1.54, 1.807) is 38.1 Å². The highest BCUT2D eigenvalue weighted by Gasteiger charge is 2.46. The average Bonchev–Trinajstić information content (AvgIpc) is 2.56. The maximum absolute atomic E-state index is 13.1. The minimum atomic E-state index is -1.32. The Labute approximate surface area is 157 Å². The zero-order valence-electron chi connectivity index (χ0n) is 14.2. The van der Waals surface area contributed by atoms with Crippen molar-refractivity contribution in [3.8, 4) is 0 Å². The number of fused-ring (bicyclic) bond motifs is 1. The lowest BCUT2D eigenvalue weighted by molar-refractivity contribution is -0.152. The van der Waals surface area contributed by atoms with Gasteiger partial charge in [0.25, 0.3) is 5.56 Å². The Kier molecular flexibility index (Phi) is 4.92. The molecule has 9 heteroatoms. The number of aromatic amines is 1. The molecule has 0 spiro atoms. The van der Waals surface area contributed by atoms with Crippen molar-refractivity contribution in [2.75, 3.05) is 11.5 Å². The second-order valence-corrected chi connectivity index (χ2v) is 6.71. The van der Waals surface area contributed by atoms with Crippen LogP contribution in [0.15, 0.2) is 33.5 Å². The first kappa shape index (κ1) is 18.3. The van der Waals surface area contributed by atoms with Crippen LogP contribution in [0, 0.1) is 12.8 Å². The largest absolute Gasteiger partial charge is 0.465 e. The normalized spacial score (nSPS) is 19.2. The third kappa shape index (κ3) is 3.04. The zero-order chi connectivity index (χ0) is 19.0. The van der Waals surface area contributed by atoms with Gasteiger partial charge in [-0.15, -0.1) is 0 Å². The Morgan fingerprint density at radius 1 is 1.35 bits per heavy atom. The molecule has 0 aliphatic carbocycles. The second-order valence-electron chi connectivity index (χ2n) is 5.79. The van der Waals surface area contributed by atoms with Crippen LogP contribution in [0.1, 0.15) is 24.4 Å². The molecule has 136 valence electrons. The van der Waals surface area contributed by atoms with Gasteiger partial charge in [0.05, 0.1) is 23.9 Å². The van der Waals surface area contributed by atoms with Gasteiger partial charge < -0.3 is 15.5 Å². The average molecular weight is 421 g/mol. The number of anilines is 2. The number of benzene rings is 1. The molecule has 3 N–H and O–H groups in total. The van der Waals surface area contributed by atoms with Gasteiger partial charge in [-0.2, -0.15) is 0 Å². The highest BCUT2D eigenvalue weighted by Crippen LogP contribution is 2.38. The summed E-state index contributed by atoms with van der Waals surface area (Å²) >= 11 is 3.34. The Morgan fingerprint density at radius 3 is 2.62 bits per heavy atom. The van der Waals surface area contributed by atoms with Crippen LogP contribution in [0.2, 0.25) is 0 Å². The molecule has 0 saturated heterocycles. The predicted molar refractivity (Wildman–Crippen MR) is 97.9 cm³/mol. The first-order valence-corrected chi connectivity index (χ1v) is 8.77. The summed E-state index contributed by atoms with van der Waals surface area (Å²) in [7, 11) is 0. The van der Waals surface area contributed by atoms with Crippen LogP contribution in [0.5, 0.6) is 0 Å². The van der Waals surface area contributed by atoms with Crippen LogP contribution in [-0.4, -0.2) is 28.5 Å². The molecule has 1 aromatic heterocycles. The summed E-state index contributed by atoms with van der Waals surface area (Å²) in [5, 5.41) is 0. The van der Waals surface area contributed by atoms with Gasteiger partial charge in [-0.3, -0.25) is 19.3 Å². The summed E-state index contributed by atoms with van der Waals surface area (Å²) in [6, 6.07) is 5.72. The van der Waals surface area contributed by atoms with E-state index in [0.29, 0.717) is 11.5 Å². The number of nitrogens with zero attached hydrogens (tertiary/aromatic N) is 2. The SMILES string of the molecule is CCOC(=O)C1C(=O)N(c2ccc(Br)cc2)c2nc(C)[nH]c(=O)c2C1N. The first-order valence-electron chi connectivity index (χ1n) is 7.97. The van der Waals surface area contributed by atoms with Gasteiger partial charge >= 0.3 is 5.97 Å². The molecule has 3 rings (SSSR count). The first-order chi connectivity index (χ1) is 12.3. The molecule has 2 heterocycles. The summed E-state index contributed by atoms with van der Waals surface area (Å²) in [5.74, 6) is -2.20. The lowest BCUT2D eigenvalue weighted by Crippen LogP contribution is -2.50. The van der Waals surface area contributed by atoms with Crippen molar-refractivity contribution in [3.05, 3.63) is 50.5 Å². The number of esters is 1. The van der Waals surface area contributed by atoms with Gasteiger partial charge in [-0.05, 0) is 38.1 Å². The Balaban J connectivity index is 2.23. The monoisotopic (exact) mass is 420 g/mol. The fourth-order valence-electron chi connectivity index (χ4n) is 2.93. The van der Waals surface area contributed by atoms with Crippen LogP contribution < -0.4 is 16.2 Å². The van der Waals surface area contributed by atoms with E-state index in [9.17, 15) is 14.4 Å².